The molecule has 0 spiro atoms. The van der Waals surface area contributed by atoms with E-state index in [1.54, 1.807) is 0 Å². The number of hydrogen-bond donors (Lipinski definition) is 1. The second-order valence-electron chi connectivity index (χ2n) is 8.22. The fraction of sp³-hybridized carbons (Fsp3) is 0.591. The summed E-state index contributed by atoms with van der Waals surface area (Å²) in [5.41, 5.74) is 4.50. The van der Waals surface area contributed by atoms with Crippen LogP contribution in [-0.4, -0.2) is 39.4 Å². The Hall–Kier alpha value is -2.15. The van der Waals surface area contributed by atoms with Crippen molar-refractivity contribution in [3.63, 3.8) is 0 Å². The molecule has 0 saturated carbocycles. The molecule has 1 saturated heterocycles. The van der Waals surface area contributed by atoms with E-state index in [0.29, 0.717) is 31.1 Å². The highest BCUT2D eigenvalue weighted by molar-refractivity contribution is 7.14. The molecular weight excluding hydrogens is 384 g/mol. The van der Waals surface area contributed by atoms with Crippen molar-refractivity contribution in [1.82, 2.24) is 14.5 Å². The minimum absolute atomic E-state index is 0.00778. The first-order valence-corrected chi connectivity index (χ1v) is 11.4. The highest BCUT2D eigenvalue weighted by atomic mass is 32.1. The van der Waals surface area contributed by atoms with Crippen LogP contribution in [0, 0.1) is 25.7 Å². The van der Waals surface area contributed by atoms with Gasteiger partial charge in [0.2, 0.25) is 11.8 Å². The molecule has 0 radical (unpaired) electrons. The van der Waals surface area contributed by atoms with Gasteiger partial charge in [-0.15, -0.1) is 11.3 Å². The molecule has 0 unspecified atom stereocenters. The molecule has 29 heavy (non-hydrogen) atoms. The van der Waals surface area contributed by atoms with Crippen molar-refractivity contribution in [3.05, 3.63) is 22.8 Å². The van der Waals surface area contributed by atoms with Crippen LogP contribution in [0.5, 0.6) is 0 Å². The van der Waals surface area contributed by atoms with Gasteiger partial charge in [0.25, 0.3) is 0 Å². The van der Waals surface area contributed by atoms with E-state index in [9.17, 15) is 9.59 Å². The molecule has 0 aromatic carbocycles. The average Bonchev–Trinajstić information content (AvgIpc) is 3.27. The topological polar surface area (TPSA) is 67.2 Å². The van der Waals surface area contributed by atoms with E-state index in [2.05, 4.69) is 41.7 Å². The van der Waals surface area contributed by atoms with Gasteiger partial charge in [-0.05, 0) is 39.2 Å². The van der Waals surface area contributed by atoms with Crippen molar-refractivity contribution in [2.45, 2.75) is 60.4 Å². The number of piperidine rings is 1. The van der Waals surface area contributed by atoms with Crippen molar-refractivity contribution in [2.24, 2.45) is 11.8 Å². The number of amides is 2. The van der Waals surface area contributed by atoms with Gasteiger partial charge < -0.3 is 14.8 Å². The smallest absolute Gasteiger partial charge is 0.229 e. The average molecular weight is 417 g/mol. The largest absolute Gasteiger partial charge is 0.348 e. The number of carbonyl (C=O) groups excluding carboxylic acids is 2. The van der Waals surface area contributed by atoms with Crippen molar-refractivity contribution >= 4 is 28.3 Å². The SMILES string of the molecule is CCCn1c(C)cc(-c2csc(NC(=O)C3CCN(C(=O)C(C)C)CC3)n2)c1C. The van der Waals surface area contributed by atoms with E-state index in [0.717, 1.165) is 24.2 Å². The van der Waals surface area contributed by atoms with Gasteiger partial charge in [-0.1, -0.05) is 20.8 Å². The third-order valence-electron chi connectivity index (χ3n) is 5.70. The second kappa shape index (κ2) is 9.11. The summed E-state index contributed by atoms with van der Waals surface area (Å²) >= 11 is 1.47. The van der Waals surface area contributed by atoms with Gasteiger partial charge in [-0.25, -0.2) is 4.98 Å². The van der Waals surface area contributed by atoms with E-state index in [4.69, 9.17) is 0 Å². The Kier molecular flexibility index (Phi) is 6.77. The third kappa shape index (κ3) is 4.71. The Balaban J connectivity index is 1.62. The van der Waals surface area contributed by atoms with Crippen LogP contribution in [0.2, 0.25) is 0 Å². The van der Waals surface area contributed by atoms with Crippen molar-refractivity contribution in [1.29, 1.82) is 0 Å². The van der Waals surface area contributed by atoms with Gasteiger partial charge in [0, 0.05) is 53.8 Å². The number of likely N-dealkylation sites (tertiary alicyclic amines) is 1. The summed E-state index contributed by atoms with van der Waals surface area (Å²) in [6, 6.07) is 2.17. The fourth-order valence-electron chi connectivity index (χ4n) is 4.02. The van der Waals surface area contributed by atoms with Gasteiger partial charge in [0.15, 0.2) is 5.13 Å². The molecule has 158 valence electrons. The van der Waals surface area contributed by atoms with Gasteiger partial charge in [0.05, 0.1) is 5.69 Å². The Morgan fingerprint density at radius 2 is 1.97 bits per heavy atom. The molecule has 2 aromatic heterocycles. The molecule has 2 aromatic rings. The summed E-state index contributed by atoms with van der Waals surface area (Å²) in [4.78, 5) is 31.3. The van der Waals surface area contributed by atoms with Crippen LogP contribution in [0.1, 0.15) is 51.4 Å². The predicted molar refractivity (Wildman–Crippen MR) is 118 cm³/mol. The summed E-state index contributed by atoms with van der Waals surface area (Å²) in [5.74, 6) is 0.134. The van der Waals surface area contributed by atoms with Crippen molar-refractivity contribution < 1.29 is 9.59 Å². The zero-order chi connectivity index (χ0) is 21.1. The summed E-state index contributed by atoms with van der Waals surface area (Å²) < 4.78 is 2.32. The van der Waals surface area contributed by atoms with E-state index >= 15 is 0 Å². The lowest BCUT2D eigenvalue weighted by Gasteiger charge is -2.32. The maximum absolute atomic E-state index is 12.7. The number of nitrogens with one attached hydrogen (secondary N) is 1. The lowest BCUT2D eigenvalue weighted by atomic mass is 9.95. The van der Waals surface area contributed by atoms with Crippen LogP contribution in [0.3, 0.4) is 0 Å². The van der Waals surface area contributed by atoms with Gasteiger partial charge in [-0.2, -0.15) is 0 Å². The maximum atomic E-state index is 12.7. The van der Waals surface area contributed by atoms with E-state index in [1.165, 1.54) is 22.7 Å². The predicted octanol–water partition coefficient (Wildman–Crippen LogP) is 4.47. The van der Waals surface area contributed by atoms with Crippen LogP contribution in [0.25, 0.3) is 11.3 Å². The monoisotopic (exact) mass is 416 g/mol. The number of anilines is 1. The van der Waals surface area contributed by atoms with Gasteiger partial charge in [0.1, 0.15) is 0 Å². The second-order valence-corrected chi connectivity index (χ2v) is 9.08. The zero-order valence-electron chi connectivity index (χ0n) is 18.1. The number of rotatable bonds is 6. The minimum atomic E-state index is -0.0619. The number of aromatic nitrogens is 2. The van der Waals surface area contributed by atoms with Crippen molar-refractivity contribution in [3.8, 4) is 11.3 Å². The summed E-state index contributed by atoms with van der Waals surface area (Å²) in [6.45, 7) is 12.6. The molecular formula is C22H32N4O2S. The van der Waals surface area contributed by atoms with Crippen LogP contribution < -0.4 is 5.32 Å². The van der Waals surface area contributed by atoms with Crippen molar-refractivity contribution in [2.75, 3.05) is 18.4 Å². The number of hydrogen-bond acceptors (Lipinski definition) is 4. The van der Waals surface area contributed by atoms with Crippen LogP contribution in [0.15, 0.2) is 11.4 Å². The van der Waals surface area contributed by atoms with E-state index in [-0.39, 0.29) is 23.7 Å². The molecule has 0 aliphatic carbocycles. The number of nitrogens with zero attached hydrogens (tertiary/aromatic N) is 3. The molecule has 0 bridgehead atoms. The fourth-order valence-corrected chi connectivity index (χ4v) is 4.73. The number of aryl methyl sites for hydroxylation is 1. The van der Waals surface area contributed by atoms with E-state index < -0.39 is 0 Å². The minimum Gasteiger partial charge on any atom is -0.348 e. The molecule has 1 aliphatic rings. The first-order chi connectivity index (χ1) is 13.8. The van der Waals surface area contributed by atoms with Gasteiger partial charge >= 0.3 is 0 Å². The lowest BCUT2D eigenvalue weighted by molar-refractivity contribution is -0.137. The summed E-state index contributed by atoms with van der Waals surface area (Å²) in [7, 11) is 0. The van der Waals surface area contributed by atoms with E-state index in [1.807, 2.05) is 24.1 Å². The Morgan fingerprint density at radius 3 is 2.59 bits per heavy atom. The molecule has 1 fully saturated rings. The first kappa shape index (κ1) is 21.6. The summed E-state index contributed by atoms with van der Waals surface area (Å²) in [6.07, 6.45) is 2.51. The molecule has 2 amide bonds. The normalized spacial score (nSPS) is 15.2. The standard InChI is InChI=1S/C22H32N4O2S/c1-6-9-26-15(4)12-18(16(26)5)19-13-29-22(23-19)24-20(27)17-7-10-25(11-8-17)21(28)14(2)3/h12-14,17H,6-11H2,1-5H3,(H,23,24,27). The zero-order valence-corrected chi connectivity index (χ0v) is 18.9. The van der Waals surface area contributed by atoms with Crippen LogP contribution in [0.4, 0.5) is 5.13 Å². The molecule has 6 nitrogen and oxygen atoms in total. The molecule has 1 N–H and O–H groups in total. The quantitative estimate of drug-likeness (QED) is 0.755. The van der Waals surface area contributed by atoms with Crippen LogP contribution >= 0.6 is 11.3 Å². The Morgan fingerprint density at radius 1 is 1.28 bits per heavy atom. The number of thiazole rings is 1. The molecule has 1 aliphatic heterocycles. The third-order valence-corrected chi connectivity index (χ3v) is 6.46. The molecule has 3 rings (SSSR count). The Labute approximate surface area is 177 Å². The lowest BCUT2D eigenvalue weighted by Crippen LogP contribution is -2.43. The van der Waals surface area contributed by atoms with Crippen LogP contribution in [-0.2, 0) is 16.1 Å². The van der Waals surface area contributed by atoms with Gasteiger partial charge in [-0.3, -0.25) is 9.59 Å². The maximum Gasteiger partial charge on any atom is 0.229 e. The highest BCUT2D eigenvalue weighted by Gasteiger charge is 2.28. The molecule has 7 heteroatoms. The Bertz CT molecular complexity index is 876. The number of carbonyl (C=O) groups is 2. The summed E-state index contributed by atoms with van der Waals surface area (Å²) in [5, 5.41) is 5.65. The molecule has 0 atom stereocenters. The molecule has 3 heterocycles. The first-order valence-electron chi connectivity index (χ1n) is 10.5. The highest BCUT2D eigenvalue weighted by Crippen LogP contribution is 2.30.